The number of hydrogen-bond acceptors (Lipinski definition) is 5. The molecule has 1 atom stereocenters. The van der Waals surface area contributed by atoms with Crippen LogP contribution < -0.4 is 10.6 Å². The molecule has 1 amide bonds. The van der Waals surface area contributed by atoms with E-state index in [-0.39, 0.29) is 12.0 Å². The largest absolute Gasteiger partial charge is 0.376 e. The molecule has 0 spiro atoms. The SMILES string of the molecule is O=C(NCC1CCCO1)c1cc(Nc2ccccc2Cl)ncn1. The molecule has 7 heteroatoms. The van der Waals surface area contributed by atoms with E-state index >= 15 is 0 Å². The Bertz CT molecular complexity index is 689. The maximum Gasteiger partial charge on any atom is 0.270 e. The lowest BCUT2D eigenvalue weighted by Gasteiger charge is -2.11. The van der Waals surface area contributed by atoms with Crippen LogP contribution in [0, 0.1) is 0 Å². The van der Waals surface area contributed by atoms with Gasteiger partial charge in [-0.2, -0.15) is 0 Å². The molecule has 1 aromatic heterocycles. The molecule has 1 saturated heterocycles. The monoisotopic (exact) mass is 332 g/mol. The van der Waals surface area contributed by atoms with Crippen molar-refractivity contribution in [1.29, 1.82) is 0 Å². The second-order valence-corrected chi connectivity index (χ2v) is 5.65. The Kier molecular flexibility index (Phi) is 5.05. The summed E-state index contributed by atoms with van der Waals surface area (Å²) in [5.41, 5.74) is 1.02. The highest BCUT2D eigenvalue weighted by molar-refractivity contribution is 6.33. The molecule has 1 aromatic carbocycles. The molecule has 2 aromatic rings. The Morgan fingerprint density at radius 1 is 1.35 bits per heavy atom. The van der Waals surface area contributed by atoms with Crippen molar-refractivity contribution in [2.45, 2.75) is 18.9 Å². The maximum atomic E-state index is 12.2. The van der Waals surface area contributed by atoms with E-state index in [2.05, 4.69) is 20.6 Å². The molecule has 0 aliphatic carbocycles. The molecule has 1 unspecified atom stereocenters. The van der Waals surface area contributed by atoms with Gasteiger partial charge < -0.3 is 15.4 Å². The Balaban J connectivity index is 1.64. The Morgan fingerprint density at radius 2 is 2.22 bits per heavy atom. The van der Waals surface area contributed by atoms with Crippen LogP contribution >= 0.6 is 11.6 Å². The van der Waals surface area contributed by atoms with Crippen molar-refractivity contribution in [3.63, 3.8) is 0 Å². The molecule has 120 valence electrons. The number of nitrogens with one attached hydrogen (secondary N) is 2. The minimum Gasteiger partial charge on any atom is -0.376 e. The van der Waals surface area contributed by atoms with Gasteiger partial charge in [0.2, 0.25) is 0 Å². The molecule has 23 heavy (non-hydrogen) atoms. The van der Waals surface area contributed by atoms with Crippen LogP contribution in [-0.4, -0.2) is 35.1 Å². The highest BCUT2D eigenvalue weighted by Crippen LogP contribution is 2.23. The number of aromatic nitrogens is 2. The first kappa shape index (κ1) is 15.7. The molecule has 0 bridgehead atoms. The van der Waals surface area contributed by atoms with E-state index in [0.29, 0.717) is 23.1 Å². The van der Waals surface area contributed by atoms with Gasteiger partial charge >= 0.3 is 0 Å². The first-order valence-corrected chi connectivity index (χ1v) is 7.83. The van der Waals surface area contributed by atoms with Crippen molar-refractivity contribution >= 4 is 29.0 Å². The van der Waals surface area contributed by atoms with Crippen molar-refractivity contribution in [2.75, 3.05) is 18.5 Å². The number of halogens is 1. The molecule has 2 N–H and O–H groups in total. The lowest BCUT2D eigenvalue weighted by molar-refractivity contribution is 0.0853. The summed E-state index contributed by atoms with van der Waals surface area (Å²) in [7, 11) is 0. The molecule has 3 rings (SSSR count). The van der Waals surface area contributed by atoms with E-state index in [1.807, 2.05) is 18.2 Å². The summed E-state index contributed by atoms with van der Waals surface area (Å²) in [4.78, 5) is 20.3. The molecular weight excluding hydrogens is 316 g/mol. The standard InChI is InChI=1S/C16H17ClN4O2/c17-12-5-1-2-6-13(12)21-15-8-14(19-10-20-15)16(22)18-9-11-4-3-7-23-11/h1-2,5-6,8,10-11H,3-4,7,9H2,(H,18,22)(H,19,20,21). The van der Waals surface area contributed by atoms with Gasteiger partial charge in [0.25, 0.3) is 5.91 Å². The predicted molar refractivity (Wildman–Crippen MR) is 88.1 cm³/mol. The number of rotatable bonds is 5. The second-order valence-electron chi connectivity index (χ2n) is 5.24. The number of para-hydroxylation sites is 1. The molecule has 1 aliphatic rings. The number of amides is 1. The van der Waals surface area contributed by atoms with E-state index in [0.717, 1.165) is 25.1 Å². The van der Waals surface area contributed by atoms with E-state index in [9.17, 15) is 4.79 Å². The van der Waals surface area contributed by atoms with Gasteiger partial charge in [-0.05, 0) is 25.0 Å². The number of hydrogen-bond donors (Lipinski definition) is 2. The van der Waals surface area contributed by atoms with Gasteiger partial charge in [-0.15, -0.1) is 0 Å². The summed E-state index contributed by atoms with van der Waals surface area (Å²) < 4.78 is 5.48. The van der Waals surface area contributed by atoms with Crippen LogP contribution in [0.15, 0.2) is 36.7 Å². The molecule has 0 radical (unpaired) electrons. The van der Waals surface area contributed by atoms with Crippen LogP contribution in [0.4, 0.5) is 11.5 Å². The van der Waals surface area contributed by atoms with Gasteiger partial charge in [0, 0.05) is 19.2 Å². The average molecular weight is 333 g/mol. The third-order valence-corrected chi connectivity index (χ3v) is 3.88. The molecule has 1 aliphatic heterocycles. The number of ether oxygens (including phenoxy) is 1. The van der Waals surface area contributed by atoms with E-state index in [1.165, 1.54) is 6.33 Å². The topological polar surface area (TPSA) is 76.1 Å². The zero-order valence-corrected chi connectivity index (χ0v) is 13.2. The first-order valence-electron chi connectivity index (χ1n) is 7.46. The summed E-state index contributed by atoms with van der Waals surface area (Å²) in [5, 5.41) is 6.49. The Hall–Kier alpha value is -2.18. The third-order valence-electron chi connectivity index (χ3n) is 3.55. The smallest absolute Gasteiger partial charge is 0.270 e. The van der Waals surface area contributed by atoms with Crippen LogP contribution in [0.2, 0.25) is 5.02 Å². The molecule has 6 nitrogen and oxygen atoms in total. The maximum absolute atomic E-state index is 12.2. The van der Waals surface area contributed by atoms with Gasteiger partial charge in [-0.1, -0.05) is 23.7 Å². The van der Waals surface area contributed by atoms with E-state index < -0.39 is 0 Å². The number of anilines is 2. The highest BCUT2D eigenvalue weighted by Gasteiger charge is 2.17. The summed E-state index contributed by atoms with van der Waals surface area (Å²) in [5.74, 6) is 0.264. The second kappa shape index (κ2) is 7.39. The zero-order chi connectivity index (χ0) is 16.1. The number of nitrogens with zero attached hydrogens (tertiary/aromatic N) is 2. The van der Waals surface area contributed by atoms with Crippen LogP contribution in [0.25, 0.3) is 0 Å². The molecule has 0 saturated carbocycles. The van der Waals surface area contributed by atoms with Gasteiger partial charge in [-0.3, -0.25) is 4.79 Å². The van der Waals surface area contributed by atoms with Crippen molar-refractivity contribution in [3.05, 3.63) is 47.4 Å². The fourth-order valence-corrected chi connectivity index (χ4v) is 2.54. The highest BCUT2D eigenvalue weighted by atomic mass is 35.5. The van der Waals surface area contributed by atoms with Crippen LogP contribution in [-0.2, 0) is 4.74 Å². The van der Waals surface area contributed by atoms with Crippen LogP contribution in [0.1, 0.15) is 23.3 Å². The molecular formula is C16H17ClN4O2. The predicted octanol–water partition coefficient (Wildman–Crippen LogP) is 2.78. The van der Waals surface area contributed by atoms with Gasteiger partial charge in [0.05, 0.1) is 16.8 Å². The van der Waals surface area contributed by atoms with Gasteiger partial charge in [-0.25, -0.2) is 9.97 Å². The van der Waals surface area contributed by atoms with Crippen LogP contribution in [0.5, 0.6) is 0 Å². The molecule has 1 fully saturated rings. The number of carbonyl (C=O) groups excluding carboxylic acids is 1. The van der Waals surface area contributed by atoms with Crippen molar-refractivity contribution < 1.29 is 9.53 Å². The van der Waals surface area contributed by atoms with Gasteiger partial charge in [0.15, 0.2) is 0 Å². The normalized spacial score (nSPS) is 17.0. The summed E-state index contributed by atoms with van der Waals surface area (Å²) >= 11 is 6.10. The Morgan fingerprint density at radius 3 is 3.00 bits per heavy atom. The number of carbonyl (C=O) groups is 1. The van der Waals surface area contributed by atoms with Crippen molar-refractivity contribution in [1.82, 2.24) is 15.3 Å². The quantitative estimate of drug-likeness (QED) is 0.880. The van der Waals surface area contributed by atoms with Crippen molar-refractivity contribution in [2.24, 2.45) is 0 Å². The summed E-state index contributed by atoms with van der Waals surface area (Å²) in [6.45, 7) is 1.26. The number of benzene rings is 1. The third kappa shape index (κ3) is 4.18. The fraction of sp³-hybridized carbons (Fsp3) is 0.312. The van der Waals surface area contributed by atoms with Crippen molar-refractivity contribution in [3.8, 4) is 0 Å². The van der Waals surface area contributed by atoms with E-state index in [1.54, 1.807) is 12.1 Å². The summed E-state index contributed by atoms with van der Waals surface area (Å²) in [6, 6.07) is 8.91. The zero-order valence-electron chi connectivity index (χ0n) is 12.5. The summed E-state index contributed by atoms with van der Waals surface area (Å²) in [6.07, 6.45) is 3.46. The first-order chi connectivity index (χ1) is 11.2. The lowest BCUT2D eigenvalue weighted by atomic mass is 10.2. The lowest BCUT2D eigenvalue weighted by Crippen LogP contribution is -2.32. The van der Waals surface area contributed by atoms with Gasteiger partial charge in [0.1, 0.15) is 17.8 Å². The minimum absolute atomic E-state index is 0.0986. The fourth-order valence-electron chi connectivity index (χ4n) is 2.35. The minimum atomic E-state index is -0.245. The Labute approximate surface area is 139 Å². The van der Waals surface area contributed by atoms with Crippen LogP contribution in [0.3, 0.4) is 0 Å². The average Bonchev–Trinajstić information content (AvgIpc) is 3.08. The van der Waals surface area contributed by atoms with E-state index in [4.69, 9.17) is 16.3 Å². The molecule has 2 heterocycles.